The molecule has 5 rings (SSSR count). The maximum atomic E-state index is 13.4. The van der Waals surface area contributed by atoms with Crippen molar-refractivity contribution < 1.29 is 27.8 Å². The third-order valence-electron chi connectivity index (χ3n) is 6.67. The monoisotopic (exact) mass is 452 g/mol. The van der Waals surface area contributed by atoms with Crippen molar-refractivity contribution in [2.75, 3.05) is 26.0 Å². The molecule has 8 nitrogen and oxygen atoms in total. The number of carbonyl (C=O) groups is 1. The summed E-state index contributed by atoms with van der Waals surface area (Å²) in [6.45, 7) is 0.289. The third-order valence-corrected chi connectivity index (χ3v) is 7.40. The van der Waals surface area contributed by atoms with Crippen LogP contribution in [0, 0.1) is 0 Å². The Morgan fingerprint density at radius 1 is 1.16 bits per heavy atom. The third kappa shape index (κ3) is 5.22. The average molecular weight is 453 g/mol. The van der Waals surface area contributed by atoms with Crippen LogP contribution in [0.5, 0.6) is 5.75 Å². The molecule has 0 aromatic heterocycles. The lowest BCUT2D eigenvalue weighted by molar-refractivity contribution is -0.147. The van der Waals surface area contributed by atoms with Crippen LogP contribution in [0.25, 0.3) is 0 Å². The van der Waals surface area contributed by atoms with Crippen molar-refractivity contribution in [3.63, 3.8) is 0 Å². The number of fused-ring (bicyclic) bond motifs is 5. The summed E-state index contributed by atoms with van der Waals surface area (Å²) in [5.41, 5.74) is 1.07. The number of aliphatic hydroxyl groups is 1. The fourth-order valence-corrected chi connectivity index (χ4v) is 5.98. The van der Waals surface area contributed by atoms with Gasteiger partial charge in [-0.3, -0.25) is 4.79 Å². The predicted octanol–water partition coefficient (Wildman–Crippen LogP) is 1.39. The van der Waals surface area contributed by atoms with Crippen molar-refractivity contribution in [2.24, 2.45) is 0 Å². The summed E-state index contributed by atoms with van der Waals surface area (Å²) in [6, 6.07) is 6.87. The number of carbonyl (C=O) groups excluding carboxylic acids is 1. The molecule has 1 aromatic rings. The van der Waals surface area contributed by atoms with Crippen LogP contribution in [0.4, 0.5) is 0 Å². The van der Waals surface area contributed by atoms with Gasteiger partial charge in [0, 0.05) is 12.6 Å². The van der Waals surface area contributed by atoms with Gasteiger partial charge < -0.3 is 19.5 Å². The molecule has 1 saturated carbocycles. The number of hydrogen-bond donors (Lipinski definition) is 2. The fourth-order valence-electron chi connectivity index (χ4n) is 5.15. The minimum atomic E-state index is -3.44. The number of benzene rings is 1. The van der Waals surface area contributed by atoms with E-state index in [1.165, 1.54) is 0 Å². The van der Waals surface area contributed by atoms with Gasteiger partial charge in [-0.1, -0.05) is 18.2 Å². The molecule has 2 fully saturated rings. The second kappa shape index (κ2) is 9.44. The van der Waals surface area contributed by atoms with Crippen LogP contribution in [0.3, 0.4) is 0 Å². The highest BCUT2D eigenvalue weighted by molar-refractivity contribution is 7.88. The Morgan fingerprint density at radius 2 is 1.90 bits per heavy atom. The Bertz CT molecular complexity index is 884. The zero-order chi connectivity index (χ0) is 22.0. The van der Waals surface area contributed by atoms with Gasteiger partial charge in [-0.25, -0.2) is 13.1 Å². The molecule has 1 saturated heterocycles. The van der Waals surface area contributed by atoms with Crippen molar-refractivity contribution in [3.05, 3.63) is 29.8 Å². The molecule has 1 aromatic carbocycles. The molecule has 2 bridgehead atoms. The van der Waals surface area contributed by atoms with Crippen LogP contribution in [-0.4, -0.2) is 74.6 Å². The van der Waals surface area contributed by atoms with Crippen LogP contribution >= 0.6 is 0 Å². The largest absolute Gasteiger partial charge is 0.478 e. The summed E-state index contributed by atoms with van der Waals surface area (Å²) in [7, 11) is -3.44. The lowest BCUT2D eigenvalue weighted by Crippen LogP contribution is -2.61. The van der Waals surface area contributed by atoms with E-state index in [-0.39, 0.29) is 18.6 Å². The van der Waals surface area contributed by atoms with Crippen molar-refractivity contribution in [2.45, 2.75) is 68.7 Å². The van der Waals surface area contributed by atoms with Gasteiger partial charge in [-0.2, -0.15) is 0 Å². The molecule has 3 atom stereocenters. The normalized spacial score (nSPS) is 32.1. The van der Waals surface area contributed by atoms with E-state index in [2.05, 4.69) is 4.72 Å². The molecule has 31 heavy (non-hydrogen) atoms. The van der Waals surface area contributed by atoms with Gasteiger partial charge in [0.1, 0.15) is 5.75 Å². The number of piperidine rings is 1. The Labute approximate surface area is 184 Å². The van der Waals surface area contributed by atoms with E-state index in [1.54, 1.807) is 4.90 Å². The number of rotatable bonds is 3. The summed E-state index contributed by atoms with van der Waals surface area (Å²) >= 11 is 0. The number of amides is 1. The minimum absolute atomic E-state index is 0.0940. The maximum Gasteiger partial charge on any atom is 0.266 e. The summed E-state index contributed by atoms with van der Waals surface area (Å²) < 4.78 is 38.9. The van der Waals surface area contributed by atoms with E-state index in [0.29, 0.717) is 31.1 Å². The summed E-state index contributed by atoms with van der Waals surface area (Å²) in [6.07, 6.45) is 5.22. The number of para-hydroxylation sites is 1. The van der Waals surface area contributed by atoms with Crippen molar-refractivity contribution >= 4 is 15.9 Å². The van der Waals surface area contributed by atoms with Gasteiger partial charge in [-0.05, 0) is 56.1 Å². The van der Waals surface area contributed by atoms with Crippen LogP contribution in [0.15, 0.2) is 24.3 Å². The Kier molecular flexibility index (Phi) is 6.86. The smallest absolute Gasteiger partial charge is 0.266 e. The van der Waals surface area contributed by atoms with E-state index in [4.69, 9.17) is 9.47 Å². The maximum absolute atomic E-state index is 13.4. The Balaban J connectivity index is 1.68. The number of aliphatic hydroxyl groups excluding tert-OH is 1. The van der Waals surface area contributed by atoms with E-state index in [0.717, 1.165) is 37.5 Å². The molecule has 2 unspecified atom stereocenters. The zero-order valence-electron chi connectivity index (χ0n) is 17.9. The predicted molar refractivity (Wildman–Crippen MR) is 115 cm³/mol. The Hall–Kier alpha value is -1.68. The molecule has 1 amide bonds. The summed E-state index contributed by atoms with van der Waals surface area (Å²) in [4.78, 5) is 15.1. The van der Waals surface area contributed by atoms with Gasteiger partial charge in [-0.15, -0.1) is 0 Å². The summed E-state index contributed by atoms with van der Waals surface area (Å²) in [5, 5.41) is 10.0. The first-order chi connectivity index (χ1) is 14.9. The van der Waals surface area contributed by atoms with Crippen LogP contribution < -0.4 is 9.46 Å². The first kappa shape index (κ1) is 22.5. The molecule has 3 aliphatic heterocycles. The molecule has 4 aliphatic rings. The molecule has 0 radical (unpaired) electrons. The van der Waals surface area contributed by atoms with Crippen LogP contribution in [0.2, 0.25) is 0 Å². The highest BCUT2D eigenvalue weighted by Crippen LogP contribution is 2.39. The first-order valence-electron chi connectivity index (χ1n) is 11.1. The average Bonchev–Trinajstić information content (AvgIpc) is 2.76. The van der Waals surface area contributed by atoms with Gasteiger partial charge in [0.15, 0.2) is 6.10 Å². The molecular weight excluding hydrogens is 420 g/mol. The summed E-state index contributed by atoms with van der Waals surface area (Å²) in [5.74, 6) is 0.629. The number of ether oxygens (including phenoxy) is 2. The van der Waals surface area contributed by atoms with Crippen LogP contribution in [-0.2, 0) is 19.6 Å². The molecule has 2 N–H and O–H groups in total. The second-order valence-corrected chi connectivity index (χ2v) is 10.7. The molecule has 9 heteroatoms. The number of sulfonamides is 1. The van der Waals surface area contributed by atoms with Gasteiger partial charge in [0.25, 0.3) is 5.91 Å². The minimum Gasteiger partial charge on any atom is -0.478 e. The first-order valence-corrected chi connectivity index (χ1v) is 13.0. The van der Waals surface area contributed by atoms with Gasteiger partial charge in [0.05, 0.1) is 31.6 Å². The lowest BCUT2D eigenvalue weighted by atomic mass is 9.82. The lowest BCUT2D eigenvalue weighted by Gasteiger charge is -2.42. The van der Waals surface area contributed by atoms with Crippen LogP contribution in [0.1, 0.15) is 50.0 Å². The number of nitrogens with zero attached hydrogens (tertiary/aromatic N) is 1. The second-order valence-electron chi connectivity index (χ2n) is 8.87. The number of hydrogen-bond acceptors (Lipinski definition) is 6. The highest BCUT2D eigenvalue weighted by atomic mass is 32.2. The van der Waals surface area contributed by atoms with E-state index >= 15 is 0 Å². The van der Waals surface area contributed by atoms with Crippen molar-refractivity contribution in [3.8, 4) is 5.75 Å². The molecule has 172 valence electrons. The van der Waals surface area contributed by atoms with E-state index in [1.807, 2.05) is 24.3 Å². The van der Waals surface area contributed by atoms with Gasteiger partial charge in [0.2, 0.25) is 10.0 Å². The van der Waals surface area contributed by atoms with E-state index in [9.17, 15) is 18.3 Å². The number of nitrogens with one attached hydrogen (secondary N) is 1. The van der Waals surface area contributed by atoms with Crippen molar-refractivity contribution in [1.82, 2.24) is 9.62 Å². The van der Waals surface area contributed by atoms with E-state index < -0.39 is 34.8 Å². The fraction of sp³-hybridized carbons (Fsp3) is 0.682. The van der Waals surface area contributed by atoms with Gasteiger partial charge >= 0.3 is 0 Å². The highest BCUT2D eigenvalue weighted by Gasteiger charge is 2.40. The molecular formula is C22H32N2O6S. The Morgan fingerprint density at radius 3 is 2.61 bits per heavy atom. The standard InChI is InChI=1S/C22H32N2O6S/c1-31(27,28)23-18-6-4-12-24-19(18)14-29-16-10-8-15(9-11-16)17-5-2-3-7-20(17)30-21(13-25)22(24)26/h2-3,5,7,15-16,18-19,21,23,25H,4,6,8-14H2,1H3/t15?,16?,18?,19?,21-/m1/s1. The van der Waals surface area contributed by atoms with Crippen molar-refractivity contribution in [1.29, 1.82) is 0 Å². The molecule has 0 spiro atoms. The molecule has 3 heterocycles. The SMILES string of the molecule is CS(=O)(=O)NC1CCCN2C(=O)[C@@H](CO)Oc3ccccc3C3CCC(CC3)OCC12. The molecule has 1 aliphatic carbocycles. The quantitative estimate of drug-likeness (QED) is 0.718. The zero-order valence-corrected chi connectivity index (χ0v) is 18.7. The topological polar surface area (TPSA) is 105 Å².